The molecule has 2 aromatic rings. The molecule has 206 valence electrons. The van der Waals surface area contributed by atoms with Crippen molar-refractivity contribution in [1.82, 2.24) is 0 Å². The third-order valence-electron chi connectivity index (χ3n) is 8.20. The van der Waals surface area contributed by atoms with E-state index in [1.165, 1.54) is 67.2 Å². The van der Waals surface area contributed by atoms with Gasteiger partial charge in [-0.25, -0.2) is 0 Å². The van der Waals surface area contributed by atoms with E-state index in [0.29, 0.717) is 3.63 Å². The van der Waals surface area contributed by atoms with Gasteiger partial charge in [0.2, 0.25) is 0 Å². The molecule has 0 amide bonds. The summed E-state index contributed by atoms with van der Waals surface area (Å²) >= 11 is -2.22. The molecule has 0 heterocycles. The normalized spacial score (nSPS) is 14.1. The zero-order valence-electron chi connectivity index (χ0n) is 25.0. The van der Waals surface area contributed by atoms with Gasteiger partial charge in [-0.2, -0.15) is 0 Å². The zero-order chi connectivity index (χ0) is 26.1. The molecule has 0 bridgehead atoms. The number of fused-ring (bicyclic) bond motifs is 3. The van der Waals surface area contributed by atoms with Crippen LogP contribution in [0.3, 0.4) is 0 Å². The van der Waals surface area contributed by atoms with Crippen molar-refractivity contribution in [2.24, 2.45) is 0 Å². The molecular weight excluding hydrogens is 583 g/mol. The molecule has 0 N–H and O–H groups in total. The number of halogens is 2. The monoisotopic (exact) mass is 628 g/mol. The van der Waals surface area contributed by atoms with Gasteiger partial charge in [0.05, 0.1) is 0 Å². The molecule has 0 saturated heterocycles. The molecule has 2 aliphatic rings. The molecule has 3 heteroatoms. The Balaban J connectivity index is 0.00000253. The summed E-state index contributed by atoms with van der Waals surface area (Å²) in [5.74, 6) is 0. The molecule has 0 nitrogen and oxygen atoms in total. The first kappa shape index (κ1) is 33.5. The van der Waals surface area contributed by atoms with Crippen LogP contribution < -0.4 is 24.8 Å². The average molecular weight is 631 g/mol. The summed E-state index contributed by atoms with van der Waals surface area (Å²) < 4.78 is 4.42. The predicted molar refractivity (Wildman–Crippen MR) is 157 cm³/mol. The summed E-state index contributed by atoms with van der Waals surface area (Å²) in [6, 6.07) is 15.0. The summed E-state index contributed by atoms with van der Waals surface area (Å²) in [6.07, 6.45) is 16.5. The van der Waals surface area contributed by atoms with Crippen LogP contribution >= 0.6 is 0 Å². The molecule has 0 unspecified atom stereocenters. The molecule has 38 heavy (non-hydrogen) atoms. The summed E-state index contributed by atoms with van der Waals surface area (Å²) in [6.45, 7) is 18.9. The standard InChI is InChI=1S/C21H25.C9H18.C5H5.2ClH.Zr/c1-20(2,3)16-7-9-18-14(12-16)11-15-13-17(21(4,5)6)8-10-19(15)18;1-3-5-7-9-8-6-4-2;1-2-4-5-3-1;;;/h7-13H,1-6H3;3-8H2,1-2H3;1-3H,4H2;2*1H;/q;;;;;+2/p-2. The van der Waals surface area contributed by atoms with Crippen LogP contribution in [-0.2, 0) is 32.1 Å². The molecule has 0 spiro atoms. The Hall–Kier alpha value is -0.747. The van der Waals surface area contributed by atoms with Gasteiger partial charge in [-0.05, 0) is 0 Å². The van der Waals surface area contributed by atoms with Crippen LogP contribution in [0.25, 0.3) is 11.1 Å². The number of unbranched alkanes of at least 4 members (excludes halogenated alkanes) is 2. The van der Waals surface area contributed by atoms with Gasteiger partial charge in [-0.3, -0.25) is 0 Å². The van der Waals surface area contributed by atoms with Crippen LogP contribution in [0.15, 0.2) is 57.9 Å². The van der Waals surface area contributed by atoms with Gasteiger partial charge in [0.25, 0.3) is 0 Å². The maximum atomic E-state index is 2.62. The van der Waals surface area contributed by atoms with E-state index >= 15 is 0 Å². The largest absolute Gasteiger partial charge is 1.00 e. The Kier molecular flexibility index (Phi) is 12.1. The fraction of sp³-hybridized carbons (Fsp3) is 0.514. The van der Waals surface area contributed by atoms with E-state index in [-0.39, 0.29) is 35.6 Å². The molecular formula is C35H48Cl2Zr. The van der Waals surface area contributed by atoms with Gasteiger partial charge < -0.3 is 24.8 Å². The van der Waals surface area contributed by atoms with Gasteiger partial charge in [0.1, 0.15) is 0 Å². The first-order valence-electron chi connectivity index (χ1n) is 14.4. The average Bonchev–Trinajstić information content (AvgIpc) is 3.46. The van der Waals surface area contributed by atoms with Crippen molar-refractivity contribution in [2.45, 2.75) is 115 Å². The van der Waals surface area contributed by atoms with E-state index in [1.54, 1.807) is 11.1 Å². The number of allylic oxidation sites excluding steroid dienone is 4. The van der Waals surface area contributed by atoms with Crippen LogP contribution in [0.4, 0.5) is 0 Å². The van der Waals surface area contributed by atoms with Crippen molar-refractivity contribution in [3.05, 3.63) is 80.2 Å². The molecule has 0 radical (unpaired) electrons. The van der Waals surface area contributed by atoms with Crippen LogP contribution in [0.1, 0.15) is 126 Å². The maximum Gasteiger partial charge on any atom is -1.00 e. The van der Waals surface area contributed by atoms with Crippen molar-refractivity contribution >= 4 is 3.21 Å². The molecule has 2 aliphatic carbocycles. The van der Waals surface area contributed by atoms with E-state index in [9.17, 15) is 0 Å². The van der Waals surface area contributed by atoms with Crippen LogP contribution in [-0.4, -0.2) is 3.21 Å². The van der Waals surface area contributed by atoms with Crippen molar-refractivity contribution in [2.75, 3.05) is 0 Å². The Morgan fingerprint density at radius 3 is 1.61 bits per heavy atom. The summed E-state index contributed by atoms with van der Waals surface area (Å²) in [5, 5.41) is 0. The molecule has 0 atom stereocenters. The number of hydrogen-bond acceptors (Lipinski definition) is 0. The Bertz CT molecular complexity index is 1130. The fourth-order valence-corrected chi connectivity index (χ4v) is 15.4. The van der Waals surface area contributed by atoms with E-state index < -0.39 is 21.3 Å². The number of rotatable bonds is 8. The van der Waals surface area contributed by atoms with E-state index in [4.69, 9.17) is 0 Å². The molecule has 0 saturated carbocycles. The first-order valence-corrected chi connectivity index (χ1v) is 18.3. The van der Waals surface area contributed by atoms with Crippen molar-refractivity contribution in [3.63, 3.8) is 0 Å². The molecule has 2 aromatic carbocycles. The molecule has 0 aliphatic heterocycles. The summed E-state index contributed by atoms with van der Waals surface area (Å²) in [5.41, 5.74) is 9.63. The molecule has 4 rings (SSSR count). The number of benzene rings is 2. The van der Waals surface area contributed by atoms with Crippen molar-refractivity contribution in [3.8, 4) is 11.1 Å². The van der Waals surface area contributed by atoms with Crippen LogP contribution in [0.5, 0.6) is 0 Å². The van der Waals surface area contributed by atoms with Crippen LogP contribution in [0, 0.1) is 0 Å². The van der Waals surface area contributed by atoms with Crippen LogP contribution in [0.2, 0.25) is 0 Å². The molecule has 0 fully saturated rings. The predicted octanol–water partition coefficient (Wildman–Crippen LogP) is 4.37. The second-order valence-electron chi connectivity index (χ2n) is 13.1. The Labute approximate surface area is 253 Å². The SMILES string of the molecule is CCCC[C](CCCC)=[Zr+2]([C]1=CC=CC1)[CH]1c2cc(C(C)(C)C)ccc2-c2ccc(C(C)(C)C)cc21.[Cl-].[Cl-]. The second kappa shape index (κ2) is 13.7. The number of hydrogen-bond donors (Lipinski definition) is 0. The summed E-state index contributed by atoms with van der Waals surface area (Å²) in [7, 11) is 0. The Morgan fingerprint density at radius 2 is 1.24 bits per heavy atom. The maximum absolute atomic E-state index is 2.62. The van der Waals surface area contributed by atoms with Gasteiger partial charge in [0.15, 0.2) is 0 Å². The first-order chi connectivity index (χ1) is 17.1. The fourth-order valence-electron chi connectivity index (χ4n) is 5.94. The Morgan fingerprint density at radius 1 is 0.763 bits per heavy atom. The topological polar surface area (TPSA) is 0 Å². The van der Waals surface area contributed by atoms with E-state index in [0.717, 1.165) is 0 Å². The van der Waals surface area contributed by atoms with Gasteiger partial charge in [-0.15, -0.1) is 0 Å². The van der Waals surface area contributed by atoms with E-state index in [1.807, 2.05) is 6.49 Å². The minimum atomic E-state index is -2.22. The third kappa shape index (κ3) is 7.11. The van der Waals surface area contributed by atoms with Gasteiger partial charge in [0, 0.05) is 0 Å². The summed E-state index contributed by atoms with van der Waals surface area (Å²) in [4.78, 5) is 0. The quantitative estimate of drug-likeness (QED) is 0.407. The second-order valence-corrected chi connectivity index (χ2v) is 19.9. The minimum absolute atomic E-state index is 0. The van der Waals surface area contributed by atoms with Crippen molar-refractivity contribution in [1.29, 1.82) is 0 Å². The van der Waals surface area contributed by atoms with Gasteiger partial charge >= 0.3 is 231 Å². The zero-order valence-corrected chi connectivity index (χ0v) is 28.9. The van der Waals surface area contributed by atoms with Crippen molar-refractivity contribution < 1.29 is 46.1 Å². The molecule has 0 aromatic heterocycles. The van der Waals surface area contributed by atoms with E-state index in [2.05, 4.69) is 110 Å². The minimum Gasteiger partial charge on any atom is -1.00 e. The smallest absolute Gasteiger partial charge is 1.00 e. The third-order valence-corrected chi connectivity index (χ3v) is 16.9. The van der Waals surface area contributed by atoms with Gasteiger partial charge in [-0.1, -0.05) is 0 Å².